The average Bonchev–Trinajstić information content (AvgIpc) is 2.71. The van der Waals surface area contributed by atoms with Crippen LogP contribution in [0.1, 0.15) is 22.3 Å². The Balaban J connectivity index is 1.99. The van der Waals surface area contributed by atoms with Crippen LogP contribution < -0.4 is 9.64 Å². The molecule has 2 aromatic carbocycles. The second-order valence-electron chi connectivity index (χ2n) is 5.13. The third-order valence-electron chi connectivity index (χ3n) is 3.64. The van der Waals surface area contributed by atoms with Crippen molar-refractivity contribution < 1.29 is 14.6 Å². The van der Waals surface area contributed by atoms with Crippen LogP contribution in [0.15, 0.2) is 42.5 Å². The highest BCUT2D eigenvalue weighted by molar-refractivity contribution is 6.07. The van der Waals surface area contributed by atoms with Crippen LogP contribution in [0.3, 0.4) is 0 Å². The molecule has 0 saturated carbocycles. The Hall–Kier alpha value is -2.49. The van der Waals surface area contributed by atoms with Gasteiger partial charge in [-0.1, -0.05) is 18.2 Å². The number of anilines is 1. The van der Waals surface area contributed by atoms with Gasteiger partial charge in [-0.05, 0) is 43.2 Å². The molecule has 1 amide bonds. The summed E-state index contributed by atoms with van der Waals surface area (Å²) in [4.78, 5) is 14.5. The molecule has 0 aliphatic carbocycles. The first-order valence-corrected chi connectivity index (χ1v) is 7.00. The van der Waals surface area contributed by atoms with E-state index in [1.54, 1.807) is 24.0 Å². The first-order valence-electron chi connectivity index (χ1n) is 7.00. The molecule has 4 nitrogen and oxygen atoms in total. The van der Waals surface area contributed by atoms with E-state index < -0.39 is 0 Å². The highest BCUT2D eigenvalue weighted by Gasteiger charge is 2.23. The fourth-order valence-electron chi connectivity index (χ4n) is 2.44. The van der Waals surface area contributed by atoms with Gasteiger partial charge in [-0.15, -0.1) is 0 Å². The number of phenolic OH excluding ortho intramolecular Hbond substituents is 1. The summed E-state index contributed by atoms with van der Waals surface area (Å²) in [5.41, 5.74) is 2.01. The van der Waals surface area contributed by atoms with Crippen LogP contribution in [-0.2, 0) is 0 Å². The number of phenols is 1. The van der Waals surface area contributed by atoms with Gasteiger partial charge in [0.15, 0.2) is 0 Å². The summed E-state index contributed by atoms with van der Waals surface area (Å²) < 4.78 is 5.66. The molecule has 0 aromatic heterocycles. The lowest BCUT2D eigenvalue weighted by atomic mass is 10.1. The molecule has 1 aliphatic heterocycles. The lowest BCUT2D eigenvalue weighted by Gasteiger charge is -2.22. The molecule has 0 spiro atoms. The molecule has 0 unspecified atom stereocenters. The van der Waals surface area contributed by atoms with Crippen LogP contribution in [0.4, 0.5) is 5.69 Å². The predicted octanol–water partition coefficient (Wildman–Crippen LogP) is 3.13. The zero-order valence-corrected chi connectivity index (χ0v) is 11.9. The molecule has 0 bridgehead atoms. The molecule has 1 heterocycles. The molecule has 0 saturated heterocycles. The number of para-hydroxylation sites is 2. The third kappa shape index (κ3) is 2.57. The number of hydrogen-bond acceptors (Lipinski definition) is 3. The number of carbonyl (C=O) groups is 1. The minimum atomic E-state index is -0.122. The van der Waals surface area contributed by atoms with Crippen molar-refractivity contribution in [2.75, 3.05) is 18.1 Å². The Morgan fingerprint density at radius 3 is 2.86 bits per heavy atom. The van der Waals surface area contributed by atoms with E-state index in [1.807, 2.05) is 24.3 Å². The standard InChI is InChI=1S/C17H17NO3/c1-12-7-8-13(11-15(12)19)17(20)18-9-4-10-21-16-6-3-2-5-14(16)18/h2-3,5-8,11,19H,4,9-10H2,1H3. The van der Waals surface area contributed by atoms with Gasteiger partial charge in [0.05, 0.1) is 12.3 Å². The molecule has 21 heavy (non-hydrogen) atoms. The molecular weight excluding hydrogens is 266 g/mol. The van der Waals surface area contributed by atoms with Gasteiger partial charge in [0.25, 0.3) is 5.91 Å². The minimum Gasteiger partial charge on any atom is -0.508 e. The second kappa shape index (κ2) is 5.48. The molecule has 1 N–H and O–H groups in total. The molecule has 0 radical (unpaired) electrons. The van der Waals surface area contributed by atoms with E-state index in [0.717, 1.165) is 23.4 Å². The molecular formula is C17H17NO3. The van der Waals surface area contributed by atoms with E-state index >= 15 is 0 Å². The summed E-state index contributed by atoms with van der Waals surface area (Å²) in [6.07, 6.45) is 0.776. The number of ether oxygens (including phenoxy) is 1. The number of rotatable bonds is 1. The quantitative estimate of drug-likeness (QED) is 0.874. The average molecular weight is 283 g/mol. The molecule has 4 heteroatoms. The fraction of sp³-hybridized carbons (Fsp3) is 0.235. The maximum absolute atomic E-state index is 12.7. The van der Waals surface area contributed by atoms with Gasteiger partial charge >= 0.3 is 0 Å². The number of amides is 1. The number of aromatic hydroxyl groups is 1. The Bertz CT molecular complexity index is 681. The van der Waals surface area contributed by atoms with Crippen molar-refractivity contribution in [3.8, 4) is 11.5 Å². The topological polar surface area (TPSA) is 49.8 Å². The van der Waals surface area contributed by atoms with Crippen LogP contribution in [-0.4, -0.2) is 24.2 Å². The first kappa shape index (κ1) is 13.5. The Morgan fingerprint density at radius 2 is 2.05 bits per heavy atom. The van der Waals surface area contributed by atoms with E-state index in [1.165, 1.54) is 6.07 Å². The van der Waals surface area contributed by atoms with Gasteiger partial charge in [0.1, 0.15) is 11.5 Å². The van der Waals surface area contributed by atoms with Crippen LogP contribution in [0.2, 0.25) is 0 Å². The van der Waals surface area contributed by atoms with Crippen molar-refractivity contribution in [1.29, 1.82) is 0 Å². The second-order valence-corrected chi connectivity index (χ2v) is 5.13. The number of fused-ring (bicyclic) bond motifs is 1. The van der Waals surface area contributed by atoms with Crippen molar-refractivity contribution in [2.24, 2.45) is 0 Å². The number of hydrogen-bond donors (Lipinski definition) is 1. The SMILES string of the molecule is Cc1ccc(C(=O)N2CCCOc3ccccc32)cc1O. The van der Waals surface area contributed by atoms with E-state index in [2.05, 4.69) is 0 Å². The lowest BCUT2D eigenvalue weighted by Crippen LogP contribution is -2.31. The van der Waals surface area contributed by atoms with Crippen LogP contribution in [0.5, 0.6) is 11.5 Å². The molecule has 0 fully saturated rings. The fourth-order valence-corrected chi connectivity index (χ4v) is 2.44. The predicted molar refractivity (Wildman–Crippen MR) is 81.1 cm³/mol. The smallest absolute Gasteiger partial charge is 0.258 e. The summed E-state index contributed by atoms with van der Waals surface area (Å²) in [5, 5.41) is 9.80. The molecule has 108 valence electrons. The van der Waals surface area contributed by atoms with Gasteiger partial charge in [-0.2, -0.15) is 0 Å². The van der Waals surface area contributed by atoms with Crippen molar-refractivity contribution in [2.45, 2.75) is 13.3 Å². The highest BCUT2D eigenvalue weighted by Crippen LogP contribution is 2.32. The third-order valence-corrected chi connectivity index (χ3v) is 3.64. The molecule has 2 aromatic rings. The number of benzene rings is 2. The summed E-state index contributed by atoms with van der Waals surface area (Å²) >= 11 is 0. The Morgan fingerprint density at radius 1 is 1.24 bits per heavy atom. The van der Waals surface area contributed by atoms with Crippen LogP contribution in [0, 0.1) is 6.92 Å². The molecule has 3 rings (SSSR count). The summed E-state index contributed by atoms with van der Waals surface area (Å²) in [5.74, 6) is 0.739. The van der Waals surface area contributed by atoms with Crippen molar-refractivity contribution in [1.82, 2.24) is 0 Å². The van der Waals surface area contributed by atoms with Crippen LogP contribution in [0.25, 0.3) is 0 Å². The first-order chi connectivity index (χ1) is 10.2. The minimum absolute atomic E-state index is 0.122. The Labute approximate surface area is 123 Å². The maximum Gasteiger partial charge on any atom is 0.258 e. The number of nitrogens with zero attached hydrogens (tertiary/aromatic N) is 1. The van der Waals surface area contributed by atoms with Crippen molar-refractivity contribution in [3.63, 3.8) is 0 Å². The maximum atomic E-state index is 12.7. The zero-order chi connectivity index (χ0) is 14.8. The number of carbonyl (C=O) groups excluding carboxylic acids is 1. The van der Waals surface area contributed by atoms with E-state index in [4.69, 9.17) is 4.74 Å². The summed E-state index contributed by atoms with van der Waals surface area (Å²) in [6, 6.07) is 12.5. The van der Waals surface area contributed by atoms with E-state index in [0.29, 0.717) is 18.7 Å². The van der Waals surface area contributed by atoms with E-state index in [-0.39, 0.29) is 11.7 Å². The van der Waals surface area contributed by atoms with Gasteiger partial charge < -0.3 is 14.7 Å². The lowest BCUT2D eigenvalue weighted by molar-refractivity contribution is 0.0987. The summed E-state index contributed by atoms with van der Waals surface area (Å²) in [6.45, 7) is 3.00. The largest absolute Gasteiger partial charge is 0.508 e. The van der Waals surface area contributed by atoms with Gasteiger partial charge in [0, 0.05) is 12.1 Å². The highest BCUT2D eigenvalue weighted by atomic mass is 16.5. The van der Waals surface area contributed by atoms with Gasteiger partial charge in [-0.25, -0.2) is 0 Å². The monoisotopic (exact) mass is 283 g/mol. The van der Waals surface area contributed by atoms with Crippen LogP contribution >= 0.6 is 0 Å². The Kier molecular flexibility index (Phi) is 3.52. The summed E-state index contributed by atoms with van der Waals surface area (Å²) in [7, 11) is 0. The van der Waals surface area contributed by atoms with E-state index in [9.17, 15) is 9.90 Å². The number of aryl methyl sites for hydroxylation is 1. The van der Waals surface area contributed by atoms with Crippen molar-refractivity contribution in [3.05, 3.63) is 53.6 Å². The van der Waals surface area contributed by atoms with Gasteiger partial charge in [-0.3, -0.25) is 4.79 Å². The van der Waals surface area contributed by atoms with Crippen molar-refractivity contribution >= 4 is 11.6 Å². The molecule has 1 aliphatic rings. The zero-order valence-electron chi connectivity index (χ0n) is 11.9. The van der Waals surface area contributed by atoms with Gasteiger partial charge in [0.2, 0.25) is 0 Å². The normalized spacial score (nSPS) is 14.0. The molecule has 0 atom stereocenters.